The van der Waals surface area contributed by atoms with Crippen LogP contribution in [0, 0.1) is 0 Å². The summed E-state index contributed by atoms with van der Waals surface area (Å²) in [6.07, 6.45) is 0.111. The largest absolute Gasteiger partial charge is 0.372 e. The van der Waals surface area contributed by atoms with Gasteiger partial charge in [0.25, 0.3) is 5.91 Å². The first-order chi connectivity index (χ1) is 10.6. The number of benzene rings is 2. The Morgan fingerprint density at radius 3 is 2.45 bits per heavy atom. The van der Waals surface area contributed by atoms with Crippen molar-refractivity contribution in [1.29, 1.82) is 0 Å². The molecule has 6 heteroatoms. The normalized spacial score (nSPS) is 17.9. The predicted molar refractivity (Wildman–Crippen MR) is 90.1 cm³/mol. The Balaban J connectivity index is 1.82. The molecule has 4 nitrogen and oxygen atoms in total. The number of anilines is 2. The van der Waals surface area contributed by atoms with E-state index in [9.17, 15) is 9.59 Å². The van der Waals surface area contributed by atoms with Crippen molar-refractivity contribution in [3.63, 3.8) is 0 Å². The van der Waals surface area contributed by atoms with Gasteiger partial charge in [0, 0.05) is 4.47 Å². The van der Waals surface area contributed by atoms with Crippen LogP contribution in [0.4, 0.5) is 11.4 Å². The molecular weight excluding hydrogens is 368 g/mol. The molecule has 0 saturated carbocycles. The molecule has 0 bridgehead atoms. The van der Waals surface area contributed by atoms with E-state index in [4.69, 9.17) is 11.6 Å². The first kappa shape index (κ1) is 15.1. The number of carbonyl (C=O) groups is 2. The summed E-state index contributed by atoms with van der Waals surface area (Å²) in [5.74, 6) is -0.496. The van der Waals surface area contributed by atoms with Gasteiger partial charge in [-0.3, -0.25) is 9.59 Å². The van der Waals surface area contributed by atoms with E-state index in [2.05, 4.69) is 21.2 Å². The highest BCUT2D eigenvalue weighted by molar-refractivity contribution is 9.10. The standard InChI is InChI=1S/C16H12BrClN2O2/c17-10-5-7-11(8-6-10)20-15(21)9-14(16(20)22)19-13-4-2-1-3-12(13)18/h1-8,14,19H,9H2/t14-/m0/s1. The maximum atomic E-state index is 12.5. The van der Waals surface area contributed by atoms with Crippen molar-refractivity contribution in [2.24, 2.45) is 0 Å². The van der Waals surface area contributed by atoms with E-state index in [0.29, 0.717) is 16.4 Å². The third-order valence-electron chi connectivity index (χ3n) is 3.44. The van der Waals surface area contributed by atoms with Crippen LogP contribution in [0.1, 0.15) is 6.42 Å². The van der Waals surface area contributed by atoms with E-state index in [1.807, 2.05) is 12.1 Å². The number of hydrogen-bond acceptors (Lipinski definition) is 3. The first-order valence-corrected chi connectivity index (χ1v) is 7.87. The van der Waals surface area contributed by atoms with Gasteiger partial charge >= 0.3 is 0 Å². The Morgan fingerprint density at radius 2 is 1.77 bits per heavy atom. The van der Waals surface area contributed by atoms with E-state index in [0.717, 1.165) is 4.47 Å². The Kier molecular flexibility index (Phi) is 4.18. The molecule has 1 fully saturated rings. The van der Waals surface area contributed by atoms with Gasteiger partial charge in [0.15, 0.2) is 0 Å². The highest BCUT2D eigenvalue weighted by Crippen LogP contribution is 2.28. The fourth-order valence-electron chi connectivity index (χ4n) is 2.37. The summed E-state index contributed by atoms with van der Waals surface area (Å²) in [7, 11) is 0. The maximum absolute atomic E-state index is 12.5. The summed E-state index contributed by atoms with van der Waals surface area (Å²) in [5.41, 5.74) is 1.22. The van der Waals surface area contributed by atoms with Gasteiger partial charge in [-0.2, -0.15) is 0 Å². The molecule has 0 unspecified atom stereocenters. The number of para-hydroxylation sites is 1. The summed E-state index contributed by atoms with van der Waals surface area (Å²) >= 11 is 9.41. The topological polar surface area (TPSA) is 49.4 Å². The number of hydrogen-bond donors (Lipinski definition) is 1. The SMILES string of the molecule is O=C1C[C@H](Nc2ccccc2Cl)C(=O)N1c1ccc(Br)cc1. The van der Waals surface area contributed by atoms with Gasteiger partial charge in [0.05, 0.1) is 22.8 Å². The molecule has 22 heavy (non-hydrogen) atoms. The number of rotatable bonds is 3. The summed E-state index contributed by atoms with van der Waals surface area (Å²) in [6.45, 7) is 0. The summed E-state index contributed by atoms with van der Waals surface area (Å²) < 4.78 is 0.890. The average Bonchev–Trinajstić information content (AvgIpc) is 2.77. The number of nitrogens with zero attached hydrogens (tertiary/aromatic N) is 1. The predicted octanol–water partition coefficient (Wildman–Crippen LogP) is 3.85. The highest BCUT2D eigenvalue weighted by Gasteiger charge is 2.39. The monoisotopic (exact) mass is 378 g/mol. The Labute approximate surface area is 141 Å². The fourth-order valence-corrected chi connectivity index (χ4v) is 2.83. The van der Waals surface area contributed by atoms with E-state index in [1.54, 1.807) is 36.4 Å². The van der Waals surface area contributed by atoms with Crippen LogP contribution in [-0.2, 0) is 9.59 Å². The summed E-state index contributed by atoms with van der Waals surface area (Å²) in [6, 6.07) is 13.6. The van der Waals surface area contributed by atoms with E-state index in [-0.39, 0.29) is 18.2 Å². The minimum Gasteiger partial charge on any atom is -0.372 e. The maximum Gasteiger partial charge on any atom is 0.256 e. The molecule has 0 aliphatic carbocycles. The molecular formula is C16H12BrClN2O2. The molecule has 1 atom stereocenters. The lowest BCUT2D eigenvalue weighted by atomic mass is 10.2. The van der Waals surface area contributed by atoms with Crippen LogP contribution in [-0.4, -0.2) is 17.9 Å². The molecule has 1 aliphatic heterocycles. The minimum atomic E-state index is -0.601. The van der Waals surface area contributed by atoms with Crippen molar-refractivity contribution in [2.75, 3.05) is 10.2 Å². The quantitative estimate of drug-likeness (QED) is 0.824. The van der Waals surface area contributed by atoms with Crippen molar-refractivity contribution in [3.8, 4) is 0 Å². The second-order valence-electron chi connectivity index (χ2n) is 4.92. The molecule has 2 aromatic carbocycles. The molecule has 112 valence electrons. The van der Waals surface area contributed by atoms with Crippen molar-refractivity contribution in [2.45, 2.75) is 12.5 Å². The van der Waals surface area contributed by atoms with Crippen LogP contribution in [0.2, 0.25) is 5.02 Å². The number of carbonyl (C=O) groups excluding carboxylic acids is 2. The van der Waals surface area contributed by atoms with Crippen LogP contribution >= 0.6 is 27.5 Å². The van der Waals surface area contributed by atoms with Crippen LogP contribution in [0.5, 0.6) is 0 Å². The molecule has 0 aromatic heterocycles. The third kappa shape index (κ3) is 2.87. The molecule has 1 N–H and O–H groups in total. The molecule has 0 spiro atoms. The van der Waals surface area contributed by atoms with Crippen molar-refractivity contribution < 1.29 is 9.59 Å². The highest BCUT2D eigenvalue weighted by atomic mass is 79.9. The van der Waals surface area contributed by atoms with Crippen molar-refractivity contribution >= 4 is 50.7 Å². The summed E-state index contributed by atoms with van der Waals surface area (Å²) in [4.78, 5) is 25.9. The van der Waals surface area contributed by atoms with Crippen molar-refractivity contribution in [3.05, 3.63) is 58.0 Å². The van der Waals surface area contributed by atoms with Gasteiger partial charge in [-0.25, -0.2) is 4.90 Å². The second kappa shape index (κ2) is 6.10. The van der Waals surface area contributed by atoms with Gasteiger partial charge in [-0.15, -0.1) is 0 Å². The van der Waals surface area contributed by atoms with E-state index < -0.39 is 6.04 Å². The molecule has 2 amide bonds. The lowest BCUT2D eigenvalue weighted by molar-refractivity contribution is -0.121. The zero-order valence-electron chi connectivity index (χ0n) is 11.4. The molecule has 1 aliphatic rings. The molecule has 3 rings (SSSR count). The molecule has 0 radical (unpaired) electrons. The Hall–Kier alpha value is -1.85. The van der Waals surface area contributed by atoms with Gasteiger partial charge in [-0.05, 0) is 36.4 Å². The van der Waals surface area contributed by atoms with Gasteiger partial charge in [0.2, 0.25) is 5.91 Å². The van der Waals surface area contributed by atoms with Crippen molar-refractivity contribution in [1.82, 2.24) is 0 Å². The van der Waals surface area contributed by atoms with Crippen LogP contribution in [0.3, 0.4) is 0 Å². The van der Waals surface area contributed by atoms with Gasteiger partial charge in [0.1, 0.15) is 6.04 Å². The summed E-state index contributed by atoms with van der Waals surface area (Å²) in [5, 5.41) is 3.57. The average molecular weight is 380 g/mol. The van der Waals surface area contributed by atoms with Gasteiger partial charge in [-0.1, -0.05) is 39.7 Å². The Bertz CT molecular complexity index is 733. The number of nitrogens with one attached hydrogen (secondary N) is 1. The van der Waals surface area contributed by atoms with Crippen LogP contribution in [0.25, 0.3) is 0 Å². The fraction of sp³-hybridized carbons (Fsp3) is 0.125. The number of imide groups is 1. The lowest BCUT2D eigenvalue weighted by Crippen LogP contribution is -2.34. The minimum absolute atomic E-state index is 0.111. The second-order valence-corrected chi connectivity index (χ2v) is 6.25. The number of halogens is 2. The van der Waals surface area contributed by atoms with E-state index in [1.165, 1.54) is 4.90 Å². The van der Waals surface area contributed by atoms with E-state index >= 15 is 0 Å². The van der Waals surface area contributed by atoms with Crippen LogP contribution < -0.4 is 10.2 Å². The Morgan fingerprint density at radius 1 is 1.09 bits per heavy atom. The molecule has 2 aromatic rings. The zero-order chi connectivity index (χ0) is 15.7. The smallest absolute Gasteiger partial charge is 0.256 e. The molecule has 1 heterocycles. The lowest BCUT2D eigenvalue weighted by Gasteiger charge is -2.16. The third-order valence-corrected chi connectivity index (χ3v) is 4.29. The van der Waals surface area contributed by atoms with Crippen LogP contribution in [0.15, 0.2) is 53.0 Å². The van der Waals surface area contributed by atoms with Gasteiger partial charge < -0.3 is 5.32 Å². The number of amides is 2. The molecule has 1 saturated heterocycles. The zero-order valence-corrected chi connectivity index (χ0v) is 13.8. The first-order valence-electron chi connectivity index (χ1n) is 6.69.